The number of aryl methyl sites for hydroxylation is 3. The number of benzene rings is 2. The summed E-state index contributed by atoms with van der Waals surface area (Å²) in [5.74, 6) is -0.642. The Labute approximate surface area is 161 Å². The zero-order valence-electron chi connectivity index (χ0n) is 16.3. The summed E-state index contributed by atoms with van der Waals surface area (Å²) in [6.45, 7) is 6.00. The number of carbonyl (C=O) groups excluding carboxylic acids is 2. The van der Waals surface area contributed by atoms with Crippen LogP contribution in [0.25, 0.3) is 0 Å². The third-order valence-electron chi connectivity index (χ3n) is 3.92. The molecule has 2 aromatic rings. The predicted octanol–water partition coefficient (Wildman–Crippen LogP) is 4.45. The molecule has 142 valence electrons. The molecule has 0 radical (unpaired) electrons. The van der Waals surface area contributed by atoms with Gasteiger partial charge in [0.15, 0.2) is 0 Å². The zero-order valence-corrected chi connectivity index (χ0v) is 16.3. The van der Waals surface area contributed by atoms with Crippen LogP contribution in [0.5, 0.6) is 0 Å². The fourth-order valence-electron chi connectivity index (χ4n) is 2.54. The van der Waals surface area contributed by atoms with Gasteiger partial charge in [0.25, 0.3) is 0 Å². The number of anilines is 1. The molecule has 0 aliphatic carbocycles. The van der Waals surface area contributed by atoms with Gasteiger partial charge in [-0.1, -0.05) is 32.0 Å². The molecule has 0 fully saturated rings. The maximum atomic E-state index is 11.5. The van der Waals surface area contributed by atoms with Gasteiger partial charge >= 0.3 is 5.97 Å². The first-order valence-corrected chi connectivity index (χ1v) is 8.97. The van der Waals surface area contributed by atoms with Crippen LogP contribution in [0.15, 0.2) is 42.5 Å². The maximum absolute atomic E-state index is 11.5. The molecule has 5 heteroatoms. The number of nitrogens with one attached hydrogen (secondary N) is 1. The molecule has 0 aromatic heterocycles. The van der Waals surface area contributed by atoms with Crippen LogP contribution in [0, 0.1) is 18.3 Å². The van der Waals surface area contributed by atoms with Gasteiger partial charge in [-0.25, -0.2) is 4.79 Å². The summed E-state index contributed by atoms with van der Waals surface area (Å²) in [6.07, 6.45) is 1.56. The molecule has 2 rings (SSSR count). The van der Waals surface area contributed by atoms with E-state index in [1.165, 1.54) is 12.7 Å². The lowest BCUT2D eigenvalue weighted by atomic mass is 9.99. The summed E-state index contributed by atoms with van der Waals surface area (Å²) in [5, 5.41) is 11.2. The van der Waals surface area contributed by atoms with Crippen LogP contribution in [0.1, 0.15) is 47.3 Å². The zero-order chi connectivity index (χ0) is 20.2. The summed E-state index contributed by atoms with van der Waals surface area (Å²) in [7, 11) is 1.37. The first kappa shape index (κ1) is 21.9. The number of ether oxygens (including phenoxy) is 1. The third kappa shape index (κ3) is 6.95. The summed E-state index contributed by atoms with van der Waals surface area (Å²) >= 11 is 0. The molecule has 0 unspecified atom stereocenters. The van der Waals surface area contributed by atoms with Crippen molar-refractivity contribution >= 4 is 17.6 Å². The van der Waals surface area contributed by atoms with Gasteiger partial charge < -0.3 is 10.1 Å². The highest BCUT2D eigenvalue weighted by atomic mass is 16.5. The molecule has 1 amide bonds. The predicted molar refractivity (Wildman–Crippen MR) is 107 cm³/mol. The van der Waals surface area contributed by atoms with Crippen molar-refractivity contribution in [1.82, 2.24) is 0 Å². The number of hydrogen-bond acceptors (Lipinski definition) is 4. The number of carbonyl (C=O) groups is 2. The van der Waals surface area contributed by atoms with E-state index in [9.17, 15) is 9.59 Å². The average Bonchev–Trinajstić information content (AvgIpc) is 2.69. The second kappa shape index (κ2) is 11.5. The molecule has 5 nitrogen and oxygen atoms in total. The van der Waals surface area contributed by atoms with Crippen molar-refractivity contribution in [3.63, 3.8) is 0 Å². The number of esters is 1. The van der Waals surface area contributed by atoms with Crippen molar-refractivity contribution < 1.29 is 14.3 Å². The Morgan fingerprint density at radius 1 is 1.07 bits per heavy atom. The van der Waals surface area contributed by atoms with E-state index < -0.39 is 0 Å². The third-order valence-corrected chi connectivity index (χ3v) is 3.92. The Morgan fingerprint density at radius 2 is 1.74 bits per heavy atom. The van der Waals surface area contributed by atoms with Gasteiger partial charge in [-0.3, -0.25) is 4.79 Å². The van der Waals surface area contributed by atoms with E-state index in [2.05, 4.69) is 10.1 Å². The van der Waals surface area contributed by atoms with Gasteiger partial charge in [-0.05, 0) is 60.7 Å². The topological polar surface area (TPSA) is 79.2 Å². The second-order valence-corrected chi connectivity index (χ2v) is 5.71. The van der Waals surface area contributed by atoms with Crippen LogP contribution < -0.4 is 5.32 Å². The van der Waals surface area contributed by atoms with E-state index in [0.717, 1.165) is 24.0 Å². The number of methoxy groups -OCH3 is 1. The Morgan fingerprint density at radius 3 is 2.30 bits per heavy atom. The Hall–Kier alpha value is -3.13. The lowest BCUT2D eigenvalue weighted by Crippen LogP contribution is -2.10. The molecule has 0 atom stereocenters. The van der Waals surface area contributed by atoms with Crippen LogP contribution >= 0.6 is 0 Å². The maximum Gasteiger partial charge on any atom is 0.337 e. The van der Waals surface area contributed by atoms with Crippen molar-refractivity contribution in [3.8, 4) is 6.07 Å². The van der Waals surface area contributed by atoms with Crippen molar-refractivity contribution in [2.24, 2.45) is 0 Å². The van der Waals surface area contributed by atoms with Crippen LogP contribution in [0.3, 0.4) is 0 Å². The average molecular weight is 366 g/mol. The Bertz CT molecular complexity index is 805. The number of amides is 1. The molecule has 0 aliphatic heterocycles. The monoisotopic (exact) mass is 366 g/mol. The van der Waals surface area contributed by atoms with Crippen LogP contribution in [0.4, 0.5) is 5.69 Å². The van der Waals surface area contributed by atoms with Gasteiger partial charge in [0.1, 0.15) is 6.42 Å². The number of hydrogen-bond donors (Lipinski definition) is 1. The molecular weight excluding hydrogens is 340 g/mol. The van der Waals surface area contributed by atoms with Gasteiger partial charge in [0, 0.05) is 5.69 Å². The summed E-state index contributed by atoms with van der Waals surface area (Å²) in [5.41, 5.74) is 4.65. The highest BCUT2D eigenvalue weighted by molar-refractivity contribution is 5.92. The highest BCUT2D eigenvalue weighted by Gasteiger charge is 2.06. The minimum absolute atomic E-state index is 0.150. The lowest BCUT2D eigenvalue weighted by molar-refractivity contribution is -0.115. The fraction of sp³-hybridized carbons (Fsp3) is 0.318. The molecule has 0 saturated heterocycles. The minimum atomic E-state index is -0.337. The Balaban J connectivity index is 0.00000176. The number of nitrogens with zero attached hydrogens (tertiary/aromatic N) is 1. The van der Waals surface area contributed by atoms with Crippen LogP contribution in [-0.4, -0.2) is 19.0 Å². The summed E-state index contributed by atoms with van der Waals surface area (Å²) < 4.78 is 4.69. The first-order valence-electron chi connectivity index (χ1n) is 8.97. The van der Waals surface area contributed by atoms with E-state index in [1.54, 1.807) is 12.1 Å². The molecule has 1 N–H and O–H groups in total. The second-order valence-electron chi connectivity index (χ2n) is 5.71. The molecule has 2 aromatic carbocycles. The van der Waals surface area contributed by atoms with Crippen LogP contribution in [0.2, 0.25) is 0 Å². The SMILES string of the molecule is CC.COC(=O)c1ccc(CCc2ccc(NC(=O)CC#N)cc2C)cc1. The number of nitriles is 1. The first-order chi connectivity index (χ1) is 13.0. The highest BCUT2D eigenvalue weighted by Crippen LogP contribution is 2.18. The molecule has 0 bridgehead atoms. The minimum Gasteiger partial charge on any atom is -0.465 e. The molecule has 27 heavy (non-hydrogen) atoms. The summed E-state index contributed by atoms with van der Waals surface area (Å²) in [6, 6.07) is 15.0. The van der Waals surface area contributed by atoms with Crippen LogP contribution in [-0.2, 0) is 22.4 Å². The Kier molecular flexibility index (Phi) is 9.32. The van der Waals surface area contributed by atoms with E-state index >= 15 is 0 Å². The van der Waals surface area contributed by atoms with E-state index in [0.29, 0.717) is 11.3 Å². The normalized spacial score (nSPS) is 9.44. The van der Waals surface area contributed by atoms with Crippen molar-refractivity contribution in [2.45, 2.75) is 40.0 Å². The standard InChI is InChI=1S/C20H20N2O3.C2H6/c1-14-13-18(22-19(23)11-12-21)10-9-16(14)6-3-15-4-7-17(8-5-15)20(24)25-2;1-2/h4-5,7-10,13H,3,6,11H2,1-2H3,(H,22,23);1-2H3. The van der Waals surface area contributed by atoms with Gasteiger partial charge in [-0.15, -0.1) is 0 Å². The quantitative estimate of drug-likeness (QED) is 0.766. The molecule has 0 saturated carbocycles. The van der Waals surface area contributed by atoms with Gasteiger partial charge in [-0.2, -0.15) is 5.26 Å². The van der Waals surface area contributed by atoms with Crippen molar-refractivity contribution in [2.75, 3.05) is 12.4 Å². The summed E-state index contributed by atoms with van der Waals surface area (Å²) in [4.78, 5) is 22.9. The molecule has 0 spiro atoms. The largest absolute Gasteiger partial charge is 0.465 e. The van der Waals surface area contributed by atoms with Gasteiger partial charge in [0.2, 0.25) is 5.91 Å². The van der Waals surface area contributed by atoms with Crippen molar-refractivity contribution in [3.05, 3.63) is 64.7 Å². The van der Waals surface area contributed by atoms with Crippen molar-refractivity contribution in [1.29, 1.82) is 5.26 Å². The molecular formula is C22H26N2O3. The van der Waals surface area contributed by atoms with E-state index in [1.807, 2.05) is 57.2 Å². The van der Waals surface area contributed by atoms with E-state index in [4.69, 9.17) is 5.26 Å². The smallest absolute Gasteiger partial charge is 0.337 e. The molecule has 0 heterocycles. The van der Waals surface area contributed by atoms with Gasteiger partial charge in [0.05, 0.1) is 18.7 Å². The lowest BCUT2D eigenvalue weighted by Gasteiger charge is -2.10. The van der Waals surface area contributed by atoms with E-state index in [-0.39, 0.29) is 18.3 Å². The molecule has 0 aliphatic rings. The fourth-order valence-corrected chi connectivity index (χ4v) is 2.54. The number of rotatable bonds is 6.